The molecular weight excluding hydrogens is 380 g/mol. The van der Waals surface area contributed by atoms with E-state index in [9.17, 15) is 4.79 Å². The van der Waals surface area contributed by atoms with E-state index in [1.54, 1.807) is 11.8 Å². The van der Waals surface area contributed by atoms with E-state index in [1.165, 1.54) is 27.8 Å². The number of carboxylic acid groups (broad SMARTS) is 1. The predicted molar refractivity (Wildman–Crippen MR) is 119 cm³/mol. The van der Waals surface area contributed by atoms with Gasteiger partial charge in [-0.2, -0.15) is 0 Å². The molecule has 4 rings (SSSR count). The molecule has 0 aromatic heterocycles. The van der Waals surface area contributed by atoms with Gasteiger partial charge in [-0.05, 0) is 64.9 Å². The number of fused-ring (bicyclic) bond motifs is 3. The van der Waals surface area contributed by atoms with Crippen molar-refractivity contribution in [3.05, 3.63) is 89.0 Å². The van der Waals surface area contributed by atoms with Crippen LogP contribution in [0.5, 0.6) is 5.75 Å². The van der Waals surface area contributed by atoms with Crippen LogP contribution in [0, 0.1) is 6.92 Å². The Bertz CT molecular complexity index is 1090. The zero-order chi connectivity index (χ0) is 20.2. The molecule has 0 aliphatic heterocycles. The van der Waals surface area contributed by atoms with E-state index >= 15 is 0 Å². The number of hydrogen-bond donors (Lipinski definition) is 1. The zero-order valence-corrected chi connectivity index (χ0v) is 17.0. The summed E-state index contributed by atoms with van der Waals surface area (Å²) in [5.74, 6) is 0.515. The van der Waals surface area contributed by atoms with Crippen molar-refractivity contribution in [2.24, 2.45) is 0 Å². The van der Waals surface area contributed by atoms with E-state index in [4.69, 9.17) is 9.84 Å². The van der Waals surface area contributed by atoms with Crippen LogP contribution in [0.4, 0.5) is 0 Å². The van der Waals surface area contributed by atoms with Crippen LogP contribution in [0.1, 0.15) is 22.3 Å². The summed E-state index contributed by atoms with van der Waals surface area (Å²) in [6, 6.07) is 21.2. The van der Waals surface area contributed by atoms with Crippen LogP contribution in [-0.2, 0) is 11.2 Å². The summed E-state index contributed by atoms with van der Waals surface area (Å²) in [7, 11) is 0. The fraction of sp³-hybridized carbons (Fsp3) is 0.160. The van der Waals surface area contributed by atoms with E-state index in [0.29, 0.717) is 5.75 Å². The van der Waals surface area contributed by atoms with Gasteiger partial charge in [0.1, 0.15) is 5.75 Å². The van der Waals surface area contributed by atoms with Gasteiger partial charge < -0.3 is 9.84 Å². The first-order valence-electron chi connectivity index (χ1n) is 9.56. The average molecular weight is 403 g/mol. The van der Waals surface area contributed by atoms with Gasteiger partial charge in [-0.15, -0.1) is 11.8 Å². The maximum atomic E-state index is 10.6. The zero-order valence-electron chi connectivity index (χ0n) is 16.2. The topological polar surface area (TPSA) is 46.5 Å². The molecule has 0 fully saturated rings. The summed E-state index contributed by atoms with van der Waals surface area (Å²) >= 11 is 1.74. The second-order valence-corrected chi connectivity index (χ2v) is 8.17. The monoisotopic (exact) mass is 402 g/mol. The number of ether oxygens (including phenoxy) is 1. The Hall–Kier alpha value is -2.98. The maximum Gasteiger partial charge on any atom is 0.341 e. The highest BCUT2D eigenvalue weighted by Gasteiger charge is 2.17. The molecule has 3 aromatic rings. The van der Waals surface area contributed by atoms with Crippen LogP contribution in [-0.4, -0.2) is 23.4 Å². The fourth-order valence-electron chi connectivity index (χ4n) is 3.61. The van der Waals surface area contributed by atoms with Crippen molar-refractivity contribution in [2.45, 2.75) is 18.2 Å². The molecule has 1 aliphatic rings. The molecule has 0 heterocycles. The number of rotatable bonds is 7. The van der Waals surface area contributed by atoms with Gasteiger partial charge >= 0.3 is 5.97 Å². The minimum absolute atomic E-state index is 0.318. The van der Waals surface area contributed by atoms with Gasteiger partial charge in [0.05, 0.1) is 0 Å². The molecule has 0 saturated heterocycles. The lowest BCUT2D eigenvalue weighted by atomic mass is 10.0. The van der Waals surface area contributed by atoms with E-state index in [2.05, 4.69) is 54.6 Å². The largest absolute Gasteiger partial charge is 0.482 e. The van der Waals surface area contributed by atoms with Crippen molar-refractivity contribution in [3.8, 4) is 16.9 Å². The minimum atomic E-state index is -0.969. The summed E-state index contributed by atoms with van der Waals surface area (Å²) in [4.78, 5) is 11.8. The van der Waals surface area contributed by atoms with Gasteiger partial charge in [0, 0.05) is 10.6 Å². The number of aryl methyl sites for hydroxylation is 1. The SMILES string of the molecule is Cc1cc(SCC=Cc2ccc3c(c2)Cc2ccccc2-3)ccc1OCC(=O)O. The molecule has 0 amide bonds. The Morgan fingerprint density at radius 2 is 1.90 bits per heavy atom. The van der Waals surface area contributed by atoms with Gasteiger partial charge in [-0.1, -0.05) is 54.6 Å². The number of thioether (sulfide) groups is 1. The Balaban J connectivity index is 1.35. The normalized spacial score (nSPS) is 12.0. The van der Waals surface area contributed by atoms with E-state index in [-0.39, 0.29) is 6.61 Å². The molecular formula is C25H22O3S. The van der Waals surface area contributed by atoms with Crippen molar-refractivity contribution in [1.82, 2.24) is 0 Å². The van der Waals surface area contributed by atoms with Crippen molar-refractivity contribution in [3.63, 3.8) is 0 Å². The quantitative estimate of drug-likeness (QED) is 0.395. The van der Waals surface area contributed by atoms with Gasteiger partial charge in [0.2, 0.25) is 0 Å². The molecule has 0 atom stereocenters. The first kappa shape index (κ1) is 19.3. The van der Waals surface area contributed by atoms with Gasteiger partial charge in [-0.25, -0.2) is 4.79 Å². The van der Waals surface area contributed by atoms with Crippen molar-refractivity contribution in [1.29, 1.82) is 0 Å². The first-order chi connectivity index (χ1) is 14.1. The van der Waals surface area contributed by atoms with Gasteiger partial charge in [0.25, 0.3) is 0 Å². The summed E-state index contributed by atoms with van der Waals surface area (Å²) < 4.78 is 5.27. The number of hydrogen-bond acceptors (Lipinski definition) is 3. The Labute approximate surface area is 175 Å². The third-order valence-corrected chi connectivity index (χ3v) is 5.92. The molecule has 0 unspecified atom stereocenters. The second-order valence-electron chi connectivity index (χ2n) is 7.07. The Morgan fingerprint density at radius 3 is 2.72 bits per heavy atom. The Morgan fingerprint density at radius 1 is 1.07 bits per heavy atom. The number of benzene rings is 3. The van der Waals surface area contributed by atoms with Crippen LogP contribution in [0.3, 0.4) is 0 Å². The van der Waals surface area contributed by atoms with Crippen LogP contribution in [0.15, 0.2) is 71.6 Å². The molecule has 1 aliphatic carbocycles. The average Bonchev–Trinajstić information content (AvgIpc) is 3.08. The predicted octanol–water partition coefficient (Wildman–Crippen LogP) is 5.84. The second kappa shape index (κ2) is 8.58. The van der Waals surface area contributed by atoms with Gasteiger partial charge in [0.15, 0.2) is 6.61 Å². The lowest BCUT2D eigenvalue weighted by Gasteiger charge is -2.08. The van der Waals surface area contributed by atoms with Crippen LogP contribution >= 0.6 is 11.8 Å². The number of carbonyl (C=O) groups is 1. The minimum Gasteiger partial charge on any atom is -0.482 e. The Kier molecular flexibility index (Phi) is 5.72. The summed E-state index contributed by atoms with van der Waals surface area (Å²) in [5, 5.41) is 8.72. The highest BCUT2D eigenvalue weighted by Crippen LogP contribution is 2.36. The van der Waals surface area contributed by atoms with Crippen LogP contribution in [0.25, 0.3) is 17.2 Å². The van der Waals surface area contributed by atoms with Crippen LogP contribution in [0.2, 0.25) is 0 Å². The standard InChI is InChI=1S/C25H22O3S/c1-17-13-21(9-11-24(17)28-16-25(26)27)29-12-4-5-18-8-10-23-20(14-18)15-19-6-2-3-7-22(19)23/h2-11,13-14H,12,15-16H2,1H3,(H,26,27). The van der Waals surface area contributed by atoms with Crippen molar-refractivity contribution < 1.29 is 14.6 Å². The van der Waals surface area contributed by atoms with E-state index in [0.717, 1.165) is 22.6 Å². The van der Waals surface area contributed by atoms with E-state index < -0.39 is 5.97 Å². The molecule has 3 aromatic carbocycles. The maximum absolute atomic E-state index is 10.6. The van der Waals surface area contributed by atoms with Crippen molar-refractivity contribution in [2.75, 3.05) is 12.4 Å². The lowest BCUT2D eigenvalue weighted by Crippen LogP contribution is -2.09. The summed E-state index contributed by atoms with van der Waals surface area (Å²) in [6.07, 6.45) is 5.36. The molecule has 146 valence electrons. The highest BCUT2D eigenvalue weighted by atomic mass is 32.2. The van der Waals surface area contributed by atoms with E-state index in [1.807, 2.05) is 25.1 Å². The molecule has 0 spiro atoms. The third kappa shape index (κ3) is 4.54. The molecule has 0 radical (unpaired) electrons. The smallest absolute Gasteiger partial charge is 0.341 e. The molecule has 4 heteroatoms. The molecule has 0 bridgehead atoms. The third-order valence-electron chi connectivity index (χ3n) is 4.97. The number of carboxylic acids is 1. The lowest BCUT2D eigenvalue weighted by molar-refractivity contribution is -0.139. The fourth-order valence-corrected chi connectivity index (χ4v) is 4.42. The van der Waals surface area contributed by atoms with Gasteiger partial charge in [-0.3, -0.25) is 0 Å². The molecule has 1 N–H and O–H groups in total. The first-order valence-corrected chi connectivity index (χ1v) is 10.5. The molecule has 3 nitrogen and oxygen atoms in total. The highest BCUT2D eigenvalue weighted by molar-refractivity contribution is 7.99. The molecule has 29 heavy (non-hydrogen) atoms. The summed E-state index contributed by atoms with van der Waals surface area (Å²) in [5.41, 5.74) is 7.69. The molecule has 0 saturated carbocycles. The number of aliphatic carboxylic acids is 1. The van der Waals surface area contributed by atoms with Crippen LogP contribution < -0.4 is 4.74 Å². The van der Waals surface area contributed by atoms with Crippen molar-refractivity contribution >= 4 is 23.8 Å². The summed E-state index contributed by atoms with van der Waals surface area (Å²) in [6.45, 7) is 1.61.